The number of rotatable bonds is 4. The molecule has 1 amide bonds. The average molecular weight is 261 g/mol. The van der Waals surface area contributed by atoms with E-state index in [1.165, 1.54) is 12.8 Å². The second-order valence-corrected chi connectivity index (χ2v) is 5.16. The average Bonchev–Trinajstić information content (AvgIpc) is 2.99. The van der Waals surface area contributed by atoms with Crippen LogP contribution in [0.15, 0.2) is 12.4 Å². The molecular weight excluding hydrogens is 242 g/mol. The van der Waals surface area contributed by atoms with E-state index in [1.54, 1.807) is 0 Å². The minimum Gasteiger partial charge on any atom is -0.370 e. The van der Waals surface area contributed by atoms with Crippen molar-refractivity contribution in [1.82, 2.24) is 20.1 Å². The van der Waals surface area contributed by atoms with E-state index < -0.39 is 0 Å². The Hall–Kier alpha value is -1.82. The van der Waals surface area contributed by atoms with Gasteiger partial charge in [0, 0.05) is 30.7 Å². The molecule has 19 heavy (non-hydrogen) atoms. The van der Waals surface area contributed by atoms with Crippen LogP contribution >= 0.6 is 0 Å². The molecule has 1 aliphatic rings. The molecule has 2 aromatic heterocycles. The Kier molecular flexibility index (Phi) is 3.25. The van der Waals surface area contributed by atoms with Gasteiger partial charge in [-0.1, -0.05) is 6.42 Å². The molecule has 0 radical (unpaired) electrons. The lowest BCUT2D eigenvalue weighted by Crippen LogP contribution is -2.36. The van der Waals surface area contributed by atoms with Gasteiger partial charge >= 0.3 is 0 Å². The molecule has 0 saturated carbocycles. The summed E-state index contributed by atoms with van der Waals surface area (Å²) in [7, 11) is 0. The molecule has 0 bridgehead atoms. The topological polar surface area (TPSA) is 90.8 Å². The second kappa shape index (κ2) is 5.05. The highest BCUT2D eigenvalue weighted by atomic mass is 16.1. The Morgan fingerprint density at radius 2 is 2.37 bits per heavy atom. The van der Waals surface area contributed by atoms with Crippen molar-refractivity contribution in [2.24, 2.45) is 5.73 Å². The molecule has 102 valence electrons. The number of nitrogens with zero attached hydrogens (tertiary/aromatic N) is 2. The molecule has 3 heterocycles. The first kappa shape index (κ1) is 12.2. The van der Waals surface area contributed by atoms with Crippen LogP contribution in [0.1, 0.15) is 37.4 Å². The predicted octanol–water partition coefficient (Wildman–Crippen LogP) is 1.29. The molecule has 4 N–H and O–H groups in total. The normalized spacial score (nSPS) is 20.9. The Morgan fingerprint density at radius 3 is 3.21 bits per heavy atom. The highest BCUT2D eigenvalue weighted by Crippen LogP contribution is 2.33. The van der Waals surface area contributed by atoms with Gasteiger partial charge in [-0.15, -0.1) is 0 Å². The number of fused-ring (bicyclic) bond motifs is 1. The molecule has 1 atom stereocenters. The van der Waals surface area contributed by atoms with Gasteiger partial charge in [0.2, 0.25) is 5.91 Å². The summed E-state index contributed by atoms with van der Waals surface area (Å²) in [6.45, 7) is 1.73. The van der Waals surface area contributed by atoms with Gasteiger partial charge in [-0.05, 0) is 19.4 Å². The van der Waals surface area contributed by atoms with E-state index in [4.69, 9.17) is 5.73 Å². The SMILES string of the molecule is NC(=O)CCN1CCCCC1c1n[nH]c2c[nH]cc12. The number of hydrogen-bond donors (Lipinski definition) is 3. The van der Waals surface area contributed by atoms with Crippen LogP contribution in [0.5, 0.6) is 0 Å². The summed E-state index contributed by atoms with van der Waals surface area (Å²) in [5, 5.41) is 8.65. The predicted molar refractivity (Wildman–Crippen MR) is 72.4 cm³/mol. The first-order valence-corrected chi connectivity index (χ1v) is 6.79. The molecule has 2 aromatic rings. The van der Waals surface area contributed by atoms with E-state index in [1.807, 2.05) is 12.4 Å². The molecule has 6 nitrogen and oxygen atoms in total. The fourth-order valence-corrected chi connectivity index (χ4v) is 2.93. The number of amides is 1. The van der Waals surface area contributed by atoms with Crippen molar-refractivity contribution in [1.29, 1.82) is 0 Å². The number of aromatic amines is 2. The van der Waals surface area contributed by atoms with E-state index in [0.717, 1.165) is 36.1 Å². The molecule has 0 spiro atoms. The summed E-state index contributed by atoms with van der Waals surface area (Å²) < 4.78 is 0. The van der Waals surface area contributed by atoms with Crippen LogP contribution in [-0.2, 0) is 4.79 Å². The van der Waals surface area contributed by atoms with E-state index in [2.05, 4.69) is 20.1 Å². The van der Waals surface area contributed by atoms with Gasteiger partial charge in [-0.25, -0.2) is 0 Å². The maximum Gasteiger partial charge on any atom is 0.218 e. The van der Waals surface area contributed by atoms with Crippen LogP contribution in [0.2, 0.25) is 0 Å². The molecule has 1 fully saturated rings. The molecule has 1 saturated heterocycles. The zero-order chi connectivity index (χ0) is 13.2. The Labute approximate surface area is 111 Å². The van der Waals surface area contributed by atoms with Crippen LogP contribution < -0.4 is 5.73 Å². The number of aromatic nitrogens is 3. The number of nitrogens with one attached hydrogen (secondary N) is 2. The van der Waals surface area contributed by atoms with Crippen LogP contribution in [0.3, 0.4) is 0 Å². The Morgan fingerprint density at radius 1 is 1.47 bits per heavy atom. The highest BCUT2D eigenvalue weighted by molar-refractivity contribution is 5.81. The van der Waals surface area contributed by atoms with Crippen molar-refractivity contribution in [3.63, 3.8) is 0 Å². The number of hydrogen-bond acceptors (Lipinski definition) is 3. The summed E-state index contributed by atoms with van der Waals surface area (Å²) in [4.78, 5) is 16.4. The van der Waals surface area contributed by atoms with Crippen LogP contribution in [0.25, 0.3) is 10.9 Å². The number of primary amides is 1. The summed E-state index contributed by atoms with van der Waals surface area (Å²) in [5.41, 5.74) is 7.38. The zero-order valence-corrected chi connectivity index (χ0v) is 10.9. The maximum atomic E-state index is 11.0. The third-order valence-electron chi connectivity index (χ3n) is 3.89. The molecule has 0 aliphatic carbocycles. The molecule has 1 aliphatic heterocycles. The van der Waals surface area contributed by atoms with Gasteiger partial charge in [0.1, 0.15) is 0 Å². The first-order chi connectivity index (χ1) is 9.25. The van der Waals surface area contributed by atoms with Gasteiger partial charge < -0.3 is 10.7 Å². The number of H-pyrrole nitrogens is 2. The fraction of sp³-hybridized carbons (Fsp3) is 0.538. The summed E-state index contributed by atoms with van der Waals surface area (Å²) >= 11 is 0. The van der Waals surface area contributed by atoms with Gasteiger partial charge in [0.25, 0.3) is 0 Å². The van der Waals surface area contributed by atoms with Crippen LogP contribution in [0, 0.1) is 0 Å². The van der Waals surface area contributed by atoms with Crippen molar-refractivity contribution in [3.8, 4) is 0 Å². The highest BCUT2D eigenvalue weighted by Gasteiger charge is 2.27. The standard InChI is InChI=1S/C13H19N5O/c14-12(19)4-6-18-5-2-1-3-11(18)13-9-7-15-8-10(9)16-17-13/h7-8,11,15-16H,1-6H2,(H2,14,19). The van der Waals surface area contributed by atoms with Crippen molar-refractivity contribution in [3.05, 3.63) is 18.1 Å². The Bertz CT molecular complexity index is 572. The monoisotopic (exact) mass is 261 g/mol. The lowest BCUT2D eigenvalue weighted by molar-refractivity contribution is -0.118. The van der Waals surface area contributed by atoms with Gasteiger partial charge in [-0.2, -0.15) is 5.10 Å². The third kappa shape index (κ3) is 2.35. The maximum absolute atomic E-state index is 11.0. The largest absolute Gasteiger partial charge is 0.370 e. The lowest BCUT2D eigenvalue weighted by atomic mass is 9.98. The second-order valence-electron chi connectivity index (χ2n) is 5.16. The first-order valence-electron chi connectivity index (χ1n) is 6.79. The quantitative estimate of drug-likeness (QED) is 0.774. The van der Waals surface area contributed by atoms with E-state index in [0.29, 0.717) is 6.42 Å². The number of carbonyl (C=O) groups excluding carboxylic acids is 1. The summed E-state index contributed by atoms with van der Waals surface area (Å²) in [5.74, 6) is -0.238. The summed E-state index contributed by atoms with van der Waals surface area (Å²) in [6, 6.07) is 0.289. The van der Waals surface area contributed by atoms with Gasteiger partial charge in [-0.3, -0.25) is 14.8 Å². The smallest absolute Gasteiger partial charge is 0.218 e. The summed E-state index contributed by atoms with van der Waals surface area (Å²) in [6.07, 6.45) is 7.78. The van der Waals surface area contributed by atoms with Crippen molar-refractivity contribution >= 4 is 16.8 Å². The third-order valence-corrected chi connectivity index (χ3v) is 3.89. The fourth-order valence-electron chi connectivity index (χ4n) is 2.93. The number of carbonyl (C=O) groups is 1. The van der Waals surface area contributed by atoms with E-state index in [-0.39, 0.29) is 11.9 Å². The van der Waals surface area contributed by atoms with Crippen molar-refractivity contribution in [2.75, 3.05) is 13.1 Å². The molecule has 1 unspecified atom stereocenters. The molecule has 6 heteroatoms. The molecule has 3 rings (SSSR count). The zero-order valence-electron chi connectivity index (χ0n) is 10.9. The van der Waals surface area contributed by atoms with Crippen LogP contribution in [-0.4, -0.2) is 39.1 Å². The Balaban J connectivity index is 1.83. The van der Waals surface area contributed by atoms with E-state index >= 15 is 0 Å². The number of likely N-dealkylation sites (tertiary alicyclic amines) is 1. The van der Waals surface area contributed by atoms with E-state index in [9.17, 15) is 4.79 Å². The minimum absolute atomic E-state index is 0.238. The number of piperidine rings is 1. The van der Waals surface area contributed by atoms with Crippen molar-refractivity contribution in [2.45, 2.75) is 31.7 Å². The van der Waals surface area contributed by atoms with Gasteiger partial charge in [0.15, 0.2) is 0 Å². The van der Waals surface area contributed by atoms with Crippen LogP contribution in [0.4, 0.5) is 0 Å². The minimum atomic E-state index is -0.238. The van der Waals surface area contributed by atoms with Crippen molar-refractivity contribution < 1.29 is 4.79 Å². The van der Waals surface area contributed by atoms with Gasteiger partial charge in [0.05, 0.1) is 17.3 Å². The molecular formula is C13H19N5O. The lowest BCUT2D eigenvalue weighted by Gasteiger charge is -2.34. The molecule has 0 aromatic carbocycles. The number of nitrogens with two attached hydrogens (primary N) is 1.